The molecule has 0 radical (unpaired) electrons. The Morgan fingerprint density at radius 1 is 1.24 bits per heavy atom. The molecule has 2 amide bonds. The van der Waals surface area contributed by atoms with Crippen LogP contribution in [0.15, 0.2) is 29.1 Å². The SMILES string of the molecule is Cc1cc(C)n(CCNC(=O)Nc2cccc3c2CCCC3)c(=O)n1. The van der Waals surface area contributed by atoms with Gasteiger partial charge in [0, 0.05) is 30.2 Å². The molecule has 6 heteroatoms. The predicted octanol–water partition coefficient (Wildman–Crippen LogP) is 2.56. The highest BCUT2D eigenvalue weighted by molar-refractivity contribution is 5.90. The second-order valence-electron chi connectivity index (χ2n) is 6.50. The van der Waals surface area contributed by atoms with E-state index in [1.54, 1.807) is 11.5 Å². The zero-order valence-electron chi connectivity index (χ0n) is 14.8. The third kappa shape index (κ3) is 4.07. The molecule has 0 bridgehead atoms. The van der Waals surface area contributed by atoms with E-state index in [1.165, 1.54) is 17.5 Å². The highest BCUT2D eigenvalue weighted by Gasteiger charge is 2.14. The fourth-order valence-corrected chi connectivity index (χ4v) is 3.39. The fraction of sp³-hybridized carbons (Fsp3) is 0.421. The van der Waals surface area contributed by atoms with Crippen LogP contribution < -0.4 is 16.3 Å². The molecule has 1 aromatic heterocycles. The number of aromatic nitrogens is 2. The smallest absolute Gasteiger partial charge is 0.336 e. The number of aryl methyl sites for hydroxylation is 3. The van der Waals surface area contributed by atoms with Crippen LogP contribution in [0, 0.1) is 13.8 Å². The van der Waals surface area contributed by atoms with Crippen molar-refractivity contribution in [3.63, 3.8) is 0 Å². The summed E-state index contributed by atoms with van der Waals surface area (Å²) in [6.45, 7) is 4.43. The van der Waals surface area contributed by atoms with Gasteiger partial charge in [-0.15, -0.1) is 0 Å². The van der Waals surface area contributed by atoms with E-state index < -0.39 is 0 Å². The Hall–Kier alpha value is -2.63. The lowest BCUT2D eigenvalue weighted by Gasteiger charge is -2.19. The van der Waals surface area contributed by atoms with Crippen LogP contribution in [0.4, 0.5) is 10.5 Å². The second kappa shape index (κ2) is 7.51. The Bertz CT molecular complexity index is 842. The summed E-state index contributed by atoms with van der Waals surface area (Å²) in [5.41, 5.74) is 4.74. The van der Waals surface area contributed by atoms with Crippen molar-refractivity contribution in [1.82, 2.24) is 14.9 Å². The number of nitrogens with zero attached hydrogens (tertiary/aromatic N) is 2. The Morgan fingerprint density at radius 3 is 2.84 bits per heavy atom. The number of rotatable bonds is 4. The maximum Gasteiger partial charge on any atom is 0.348 e. The molecule has 0 aliphatic heterocycles. The number of anilines is 1. The summed E-state index contributed by atoms with van der Waals surface area (Å²) >= 11 is 0. The molecule has 0 saturated heterocycles. The molecule has 0 fully saturated rings. The molecule has 2 N–H and O–H groups in total. The van der Waals surface area contributed by atoms with E-state index in [4.69, 9.17) is 0 Å². The van der Waals surface area contributed by atoms with Crippen LogP contribution in [-0.2, 0) is 19.4 Å². The van der Waals surface area contributed by atoms with Crippen molar-refractivity contribution in [2.45, 2.75) is 46.1 Å². The zero-order valence-corrected chi connectivity index (χ0v) is 14.8. The molecule has 0 saturated carbocycles. The summed E-state index contributed by atoms with van der Waals surface area (Å²) < 4.78 is 1.57. The lowest BCUT2D eigenvalue weighted by Crippen LogP contribution is -2.35. The van der Waals surface area contributed by atoms with Gasteiger partial charge in [0.1, 0.15) is 0 Å². The Balaban J connectivity index is 1.59. The van der Waals surface area contributed by atoms with E-state index in [0.29, 0.717) is 18.8 Å². The van der Waals surface area contributed by atoms with Gasteiger partial charge in [-0.3, -0.25) is 4.57 Å². The highest BCUT2D eigenvalue weighted by atomic mass is 16.2. The minimum absolute atomic E-state index is 0.246. The lowest BCUT2D eigenvalue weighted by atomic mass is 9.90. The molecule has 25 heavy (non-hydrogen) atoms. The first-order valence-corrected chi connectivity index (χ1v) is 8.75. The number of carbonyl (C=O) groups excluding carboxylic acids is 1. The van der Waals surface area contributed by atoms with Gasteiger partial charge >= 0.3 is 11.7 Å². The van der Waals surface area contributed by atoms with Crippen LogP contribution in [0.2, 0.25) is 0 Å². The summed E-state index contributed by atoms with van der Waals surface area (Å²) in [4.78, 5) is 28.0. The molecule has 132 valence electrons. The van der Waals surface area contributed by atoms with Crippen LogP contribution in [-0.4, -0.2) is 22.1 Å². The van der Waals surface area contributed by atoms with Gasteiger partial charge in [-0.25, -0.2) is 9.59 Å². The summed E-state index contributed by atoms with van der Waals surface area (Å²) in [7, 11) is 0. The fourth-order valence-electron chi connectivity index (χ4n) is 3.39. The van der Waals surface area contributed by atoms with Crippen LogP contribution >= 0.6 is 0 Å². The molecule has 1 aliphatic rings. The molecule has 0 spiro atoms. The number of nitrogens with one attached hydrogen (secondary N) is 2. The van der Waals surface area contributed by atoms with Crippen molar-refractivity contribution in [1.29, 1.82) is 0 Å². The zero-order chi connectivity index (χ0) is 17.8. The quantitative estimate of drug-likeness (QED) is 0.898. The van der Waals surface area contributed by atoms with Crippen molar-refractivity contribution in [3.05, 3.63) is 57.3 Å². The van der Waals surface area contributed by atoms with E-state index in [-0.39, 0.29) is 11.7 Å². The predicted molar refractivity (Wildman–Crippen MR) is 98.1 cm³/mol. The maximum atomic E-state index is 12.2. The lowest BCUT2D eigenvalue weighted by molar-refractivity contribution is 0.251. The molecule has 1 aliphatic carbocycles. The third-order valence-electron chi connectivity index (χ3n) is 4.61. The van der Waals surface area contributed by atoms with E-state index in [9.17, 15) is 9.59 Å². The highest BCUT2D eigenvalue weighted by Crippen LogP contribution is 2.27. The first kappa shape index (κ1) is 17.2. The monoisotopic (exact) mass is 340 g/mol. The molecule has 3 rings (SSSR count). The average Bonchev–Trinajstić information content (AvgIpc) is 2.57. The topological polar surface area (TPSA) is 76.0 Å². The van der Waals surface area contributed by atoms with Gasteiger partial charge in [-0.2, -0.15) is 4.98 Å². The number of amides is 2. The van der Waals surface area contributed by atoms with Crippen molar-refractivity contribution in [3.8, 4) is 0 Å². The van der Waals surface area contributed by atoms with Crippen molar-refractivity contribution < 1.29 is 4.79 Å². The van der Waals surface area contributed by atoms with Gasteiger partial charge in [0.25, 0.3) is 0 Å². The summed E-state index contributed by atoms with van der Waals surface area (Å²) in [6.07, 6.45) is 4.46. The number of fused-ring (bicyclic) bond motifs is 1. The van der Waals surface area contributed by atoms with Crippen molar-refractivity contribution >= 4 is 11.7 Å². The van der Waals surface area contributed by atoms with Crippen LogP contribution in [0.3, 0.4) is 0 Å². The Kier molecular flexibility index (Phi) is 5.16. The van der Waals surface area contributed by atoms with E-state index >= 15 is 0 Å². The maximum absolute atomic E-state index is 12.2. The molecule has 0 unspecified atom stereocenters. The Labute approximate surface area is 147 Å². The second-order valence-corrected chi connectivity index (χ2v) is 6.50. The van der Waals surface area contributed by atoms with E-state index in [2.05, 4.69) is 21.7 Å². The Morgan fingerprint density at radius 2 is 2.04 bits per heavy atom. The third-order valence-corrected chi connectivity index (χ3v) is 4.61. The number of hydrogen-bond acceptors (Lipinski definition) is 3. The number of benzene rings is 1. The summed E-state index contributed by atoms with van der Waals surface area (Å²) in [5, 5.41) is 5.76. The van der Waals surface area contributed by atoms with Gasteiger partial charge in [-0.1, -0.05) is 12.1 Å². The number of carbonyl (C=O) groups is 1. The van der Waals surface area contributed by atoms with E-state index in [1.807, 2.05) is 25.1 Å². The first-order chi connectivity index (χ1) is 12.0. The molecular formula is C19H24N4O2. The average molecular weight is 340 g/mol. The number of hydrogen-bond donors (Lipinski definition) is 2. The molecular weight excluding hydrogens is 316 g/mol. The van der Waals surface area contributed by atoms with Gasteiger partial charge in [-0.05, 0) is 62.8 Å². The van der Waals surface area contributed by atoms with Gasteiger partial charge in [0.2, 0.25) is 0 Å². The molecule has 6 nitrogen and oxygen atoms in total. The van der Waals surface area contributed by atoms with Gasteiger partial charge in [0.05, 0.1) is 0 Å². The van der Waals surface area contributed by atoms with Crippen LogP contribution in [0.5, 0.6) is 0 Å². The molecule has 0 atom stereocenters. The van der Waals surface area contributed by atoms with Crippen LogP contribution in [0.25, 0.3) is 0 Å². The van der Waals surface area contributed by atoms with Crippen molar-refractivity contribution in [2.75, 3.05) is 11.9 Å². The molecule has 2 aromatic rings. The summed E-state index contributed by atoms with van der Waals surface area (Å²) in [6, 6.07) is 7.68. The minimum atomic E-state index is -0.281. The minimum Gasteiger partial charge on any atom is -0.336 e. The molecule has 1 heterocycles. The van der Waals surface area contributed by atoms with Crippen LogP contribution in [0.1, 0.15) is 35.4 Å². The normalized spacial score (nSPS) is 13.2. The standard InChI is InChI=1S/C19H24N4O2/c1-13-12-14(2)23(19(25)21-13)11-10-20-18(24)22-17-9-5-7-15-6-3-4-8-16(15)17/h5,7,9,12H,3-4,6,8,10-11H2,1-2H3,(H2,20,22,24). The van der Waals surface area contributed by atoms with Gasteiger partial charge in [0.15, 0.2) is 0 Å². The molecule has 1 aromatic carbocycles. The van der Waals surface area contributed by atoms with E-state index in [0.717, 1.165) is 30.6 Å². The van der Waals surface area contributed by atoms with Crippen molar-refractivity contribution in [2.24, 2.45) is 0 Å². The first-order valence-electron chi connectivity index (χ1n) is 8.75. The summed E-state index contributed by atoms with van der Waals surface area (Å²) in [5.74, 6) is 0. The van der Waals surface area contributed by atoms with Gasteiger partial charge < -0.3 is 10.6 Å². The number of urea groups is 1. The largest absolute Gasteiger partial charge is 0.348 e.